The van der Waals surface area contributed by atoms with Crippen LogP contribution in [0.4, 0.5) is 17.1 Å². The minimum Gasteiger partial charge on any atom is -0.320 e. The number of unbranched alkanes of at least 4 members (excludes halogenated alkanes) is 1. The Morgan fingerprint density at radius 3 is 2.56 bits per heavy atom. The minimum atomic E-state index is -0.176. The molecule has 0 spiro atoms. The number of para-hydroxylation sites is 3. The Labute approximate surface area is 216 Å². The van der Waals surface area contributed by atoms with Gasteiger partial charge in [0.1, 0.15) is 0 Å². The molecule has 6 nitrogen and oxygen atoms in total. The number of benzene rings is 2. The summed E-state index contributed by atoms with van der Waals surface area (Å²) in [7, 11) is 0. The van der Waals surface area contributed by atoms with E-state index in [9.17, 15) is 9.59 Å². The van der Waals surface area contributed by atoms with Crippen molar-refractivity contribution in [2.45, 2.75) is 58.8 Å². The van der Waals surface area contributed by atoms with E-state index in [0.29, 0.717) is 23.4 Å². The van der Waals surface area contributed by atoms with Gasteiger partial charge in [0.2, 0.25) is 5.91 Å². The van der Waals surface area contributed by atoms with Crippen molar-refractivity contribution in [3.05, 3.63) is 54.1 Å². The number of likely N-dealkylation sites (tertiary alicyclic amines) is 1. The standard InChI is InChI=1S/C30H42N4O2/c1-3-32(4-2)20-10-9-13-24-14-11-21-33(23-24)22-12-19-29(35)34-27-17-7-5-15-25(27)30(36)31-26-16-6-8-18-28(26)34/h5-8,15-18,24H,3-4,9-14,19-23H2,1-2H3,(H,31,36). The molecule has 2 aromatic carbocycles. The van der Waals surface area contributed by atoms with Crippen molar-refractivity contribution in [2.24, 2.45) is 5.92 Å². The zero-order valence-electron chi connectivity index (χ0n) is 22.0. The Morgan fingerprint density at radius 1 is 1.00 bits per heavy atom. The van der Waals surface area contributed by atoms with E-state index in [1.54, 1.807) is 11.0 Å². The molecule has 2 aromatic rings. The molecule has 2 heterocycles. The molecule has 0 bridgehead atoms. The molecular weight excluding hydrogens is 448 g/mol. The zero-order valence-corrected chi connectivity index (χ0v) is 22.0. The summed E-state index contributed by atoms with van der Waals surface area (Å²) in [5.74, 6) is 0.647. The summed E-state index contributed by atoms with van der Waals surface area (Å²) in [5.41, 5.74) is 2.60. The smallest absolute Gasteiger partial charge is 0.257 e. The Balaban J connectivity index is 1.31. The fourth-order valence-corrected chi connectivity index (χ4v) is 5.69. The second kappa shape index (κ2) is 13.0. The largest absolute Gasteiger partial charge is 0.320 e. The van der Waals surface area contributed by atoms with E-state index in [1.807, 2.05) is 42.5 Å². The number of nitrogens with zero attached hydrogens (tertiary/aromatic N) is 3. The number of piperidine rings is 1. The van der Waals surface area contributed by atoms with E-state index in [-0.39, 0.29) is 11.8 Å². The van der Waals surface area contributed by atoms with Gasteiger partial charge in [0, 0.05) is 13.0 Å². The molecule has 2 amide bonds. The van der Waals surface area contributed by atoms with Crippen LogP contribution in [0, 0.1) is 5.92 Å². The SMILES string of the molecule is CCN(CC)CCCCC1CCCN(CCCC(=O)N2c3ccccc3NC(=O)c3ccccc32)C1. The van der Waals surface area contributed by atoms with Crippen LogP contribution >= 0.6 is 0 Å². The molecule has 6 heteroatoms. The van der Waals surface area contributed by atoms with Crippen molar-refractivity contribution >= 4 is 28.9 Å². The molecule has 1 saturated heterocycles. The van der Waals surface area contributed by atoms with E-state index in [1.165, 1.54) is 38.6 Å². The number of hydrogen-bond donors (Lipinski definition) is 1. The minimum absolute atomic E-state index is 0.0383. The first kappa shape index (κ1) is 26.4. The van der Waals surface area contributed by atoms with Gasteiger partial charge in [-0.2, -0.15) is 0 Å². The van der Waals surface area contributed by atoms with Crippen LogP contribution in [-0.4, -0.2) is 60.9 Å². The van der Waals surface area contributed by atoms with Gasteiger partial charge in [-0.25, -0.2) is 0 Å². The Morgan fingerprint density at radius 2 is 1.75 bits per heavy atom. The molecule has 36 heavy (non-hydrogen) atoms. The van der Waals surface area contributed by atoms with Gasteiger partial charge in [0.15, 0.2) is 0 Å². The van der Waals surface area contributed by atoms with Crippen LogP contribution < -0.4 is 10.2 Å². The first-order chi connectivity index (χ1) is 17.6. The van der Waals surface area contributed by atoms with Gasteiger partial charge in [0.25, 0.3) is 5.91 Å². The third-order valence-electron chi connectivity index (χ3n) is 7.73. The number of rotatable bonds is 11. The van der Waals surface area contributed by atoms with E-state index < -0.39 is 0 Å². The molecule has 1 fully saturated rings. The summed E-state index contributed by atoms with van der Waals surface area (Å²) >= 11 is 0. The van der Waals surface area contributed by atoms with Gasteiger partial charge < -0.3 is 15.1 Å². The van der Waals surface area contributed by atoms with Crippen molar-refractivity contribution in [1.82, 2.24) is 9.80 Å². The van der Waals surface area contributed by atoms with Gasteiger partial charge in [0.05, 0.1) is 22.6 Å². The van der Waals surface area contributed by atoms with Crippen molar-refractivity contribution < 1.29 is 9.59 Å². The predicted molar refractivity (Wildman–Crippen MR) is 148 cm³/mol. The highest BCUT2D eigenvalue weighted by atomic mass is 16.2. The zero-order chi connectivity index (χ0) is 25.3. The van der Waals surface area contributed by atoms with Gasteiger partial charge in [-0.15, -0.1) is 0 Å². The fraction of sp³-hybridized carbons (Fsp3) is 0.533. The molecule has 1 N–H and O–H groups in total. The van der Waals surface area contributed by atoms with Crippen LogP contribution in [0.2, 0.25) is 0 Å². The Kier molecular flexibility index (Phi) is 9.54. The van der Waals surface area contributed by atoms with Gasteiger partial charge in [-0.3, -0.25) is 14.5 Å². The summed E-state index contributed by atoms with van der Waals surface area (Å²) in [6.45, 7) is 11.3. The number of anilines is 3. The number of fused-ring (bicyclic) bond motifs is 2. The summed E-state index contributed by atoms with van der Waals surface area (Å²) in [5, 5.41) is 2.97. The van der Waals surface area contributed by atoms with Crippen LogP contribution in [0.1, 0.15) is 69.2 Å². The fourth-order valence-electron chi connectivity index (χ4n) is 5.69. The van der Waals surface area contributed by atoms with Crippen molar-refractivity contribution in [2.75, 3.05) is 49.5 Å². The van der Waals surface area contributed by atoms with Crippen LogP contribution in [0.15, 0.2) is 48.5 Å². The maximum Gasteiger partial charge on any atom is 0.257 e. The lowest BCUT2D eigenvalue weighted by Gasteiger charge is -2.33. The lowest BCUT2D eigenvalue weighted by atomic mass is 9.92. The van der Waals surface area contributed by atoms with E-state index >= 15 is 0 Å². The normalized spacial score (nSPS) is 17.9. The second-order valence-electron chi connectivity index (χ2n) is 10.2. The Bertz CT molecular complexity index is 1020. The first-order valence-corrected chi connectivity index (χ1v) is 13.9. The van der Waals surface area contributed by atoms with Gasteiger partial charge in [-0.05, 0) is 95.0 Å². The molecule has 2 aliphatic heterocycles. The summed E-state index contributed by atoms with van der Waals surface area (Å²) in [4.78, 5) is 33.1. The molecule has 4 rings (SSSR count). The highest BCUT2D eigenvalue weighted by Crippen LogP contribution is 2.38. The van der Waals surface area contributed by atoms with Crippen molar-refractivity contribution in [3.8, 4) is 0 Å². The number of carbonyl (C=O) groups is 2. The van der Waals surface area contributed by atoms with Crippen LogP contribution in [0.5, 0.6) is 0 Å². The summed E-state index contributed by atoms with van der Waals surface area (Å²) in [6.07, 6.45) is 7.81. The quantitative estimate of drug-likeness (QED) is 0.397. The topological polar surface area (TPSA) is 55.9 Å². The molecule has 2 aliphatic rings. The van der Waals surface area contributed by atoms with E-state index in [2.05, 4.69) is 29.0 Å². The third kappa shape index (κ3) is 6.54. The number of carbonyl (C=O) groups excluding carboxylic acids is 2. The monoisotopic (exact) mass is 490 g/mol. The molecule has 194 valence electrons. The van der Waals surface area contributed by atoms with E-state index in [4.69, 9.17) is 0 Å². The summed E-state index contributed by atoms with van der Waals surface area (Å²) < 4.78 is 0. The van der Waals surface area contributed by atoms with Crippen LogP contribution in [0.3, 0.4) is 0 Å². The third-order valence-corrected chi connectivity index (χ3v) is 7.73. The molecule has 0 saturated carbocycles. The maximum absolute atomic E-state index is 13.5. The highest BCUT2D eigenvalue weighted by molar-refractivity contribution is 6.17. The molecule has 1 atom stereocenters. The van der Waals surface area contributed by atoms with Crippen LogP contribution in [0.25, 0.3) is 0 Å². The summed E-state index contributed by atoms with van der Waals surface area (Å²) in [6, 6.07) is 14.9. The number of hydrogen-bond acceptors (Lipinski definition) is 4. The number of nitrogens with one attached hydrogen (secondary N) is 1. The molecule has 1 unspecified atom stereocenters. The lowest BCUT2D eigenvalue weighted by Crippen LogP contribution is -2.36. The molecule has 0 aliphatic carbocycles. The van der Waals surface area contributed by atoms with Crippen molar-refractivity contribution in [3.63, 3.8) is 0 Å². The van der Waals surface area contributed by atoms with E-state index in [0.717, 1.165) is 50.7 Å². The number of amides is 2. The predicted octanol–water partition coefficient (Wildman–Crippen LogP) is 5.92. The first-order valence-electron chi connectivity index (χ1n) is 13.9. The Hall–Kier alpha value is -2.70. The molecule has 0 aromatic heterocycles. The molecular formula is C30H42N4O2. The van der Waals surface area contributed by atoms with Crippen LogP contribution in [-0.2, 0) is 4.79 Å². The highest BCUT2D eigenvalue weighted by Gasteiger charge is 2.29. The lowest BCUT2D eigenvalue weighted by molar-refractivity contribution is -0.118. The van der Waals surface area contributed by atoms with Gasteiger partial charge in [-0.1, -0.05) is 44.5 Å². The van der Waals surface area contributed by atoms with Gasteiger partial charge >= 0.3 is 0 Å². The average molecular weight is 491 g/mol. The van der Waals surface area contributed by atoms with Crippen molar-refractivity contribution in [1.29, 1.82) is 0 Å². The second-order valence-corrected chi connectivity index (χ2v) is 10.2. The average Bonchev–Trinajstić information content (AvgIpc) is 3.03. The maximum atomic E-state index is 13.5. The molecule has 0 radical (unpaired) electrons.